The van der Waals surface area contributed by atoms with Crippen LogP contribution >= 0.6 is 0 Å². The molecule has 2 fully saturated rings. The van der Waals surface area contributed by atoms with Gasteiger partial charge in [0, 0.05) is 0 Å². The van der Waals surface area contributed by atoms with E-state index in [4.69, 9.17) is 18.4 Å². The van der Waals surface area contributed by atoms with Gasteiger partial charge in [-0.1, -0.05) is 0 Å². The molecule has 17 heavy (non-hydrogen) atoms. The average molecular weight is 268 g/mol. The third-order valence-corrected chi connectivity index (χ3v) is 3.14. The molecule has 0 aromatic carbocycles. The lowest BCUT2D eigenvalue weighted by Crippen LogP contribution is -2.52. The fourth-order valence-corrected chi connectivity index (χ4v) is 2.63. The van der Waals surface area contributed by atoms with Gasteiger partial charge in [-0.2, -0.15) is 8.42 Å². The van der Waals surface area contributed by atoms with Crippen LogP contribution in [0.15, 0.2) is 0 Å². The van der Waals surface area contributed by atoms with Crippen molar-refractivity contribution in [2.24, 2.45) is 0 Å². The smallest absolute Gasteiger partial charge is 0.264 e. The Morgan fingerprint density at radius 1 is 1.29 bits per heavy atom. The summed E-state index contributed by atoms with van der Waals surface area (Å²) in [6.45, 7) is 3.29. The lowest BCUT2D eigenvalue weighted by Gasteiger charge is -2.33. The summed E-state index contributed by atoms with van der Waals surface area (Å²) < 4.78 is 43.0. The minimum atomic E-state index is -3.61. The molecule has 0 bridgehead atoms. The van der Waals surface area contributed by atoms with Crippen LogP contribution in [0.1, 0.15) is 13.8 Å². The molecule has 2 aliphatic heterocycles. The molecule has 0 radical (unpaired) electrons. The Hall–Kier alpha value is -0.250. The third-order valence-electron chi connectivity index (χ3n) is 2.54. The van der Waals surface area contributed by atoms with Crippen LogP contribution in [0.25, 0.3) is 0 Å². The van der Waals surface area contributed by atoms with E-state index in [-0.39, 0.29) is 6.61 Å². The first-order valence-corrected chi connectivity index (χ1v) is 7.03. The van der Waals surface area contributed by atoms with Crippen molar-refractivity contribution in [2.75, 3.05) is 12.9 Å². The quantitative estimate of drug-likeness (QED) is 0.655. The van der Waals surface area contributed by atoms with E-state index in [1.54, 1.807) is 13.8 Å². The number of fused-ring (bicyclic) bond motifs is 1. The topological polar surface area (TPSA) is 91.3 Å². The maximum absolute atomic E-state index is 11.1. The molecule has 1 N–H and O–H groups in total. The zero-order valence-corrected chi connectivity index (χ0v) is 10.6. The van der Waals surface area contributed by atoms with Crippen molar-refractivity contribution in [3.63, 3.8) is 0 Å². The molecule has 2 rings (SSSR count). The van der Waals surface area contributed by atoms with Crippen molar-refractivity contribution in [1.82, 2.24) is 0 Å². The van der Waals surface area contributed by atoms with Crippen LogP contribution in [0, 0.1) is 0 Å². The van der Waals surface area contributed by atoms with Crippen molar-refractivity contribution >= 4 is 10.1 Å². The maximum atomic E-state index is 11.1. The van der Waals surface area contributed by atoms with Crippen molar-refractivity contribution in [3.8, 4) is 0 Å². The molecule has 0 aliphatic carbocycles. The lowest BCUT2D eigenvalue weighted by molar-refractivity contribution is -0.222. The van der Waals surface area contributed by atoms with Crippen LogP contribution in [-0.4, -0.2) is 56.8 Å². The van der Waals surface area contributed by atoms with E-state index >= 15 is 0 Å². The number of hydrogen-bond donors (Lipinski definition) is 1. The maximum Gasteiger partial charge on any atom is 0.264 e. The Morgan fingerprint density at radius 3 is 2.47 bits per heavy atom. The summed E-state index contributed by atoms with van der Waals surface area (Å²) in [5.41, 5.74) is 0. The van der Waals surface area contributed by atoms with Gasteiger partial charge in [-0.05, 0) is 13.8 Å². The molecule has 100 valence electrons. The summed E-state index contributed by atoms with van der Waals surface area (Å²) in [6.07, 6.45) is -2.40. The first kappa shape index (κ1) is 13.2. The zero-order chi connectivity index (χ0) is 12.8. The molecule has 2 saturated heterocycles. The van der Waals surface area contributed by atoms with Crippen molar-refractivity contribution in [2.45, 2.75) is 44.2 Å². The zero-order valence-electron chi connectivity index (χ0n) is 9.82. The van der Waals surface area contributed by atoms with Gasteiger partial charge < -0.3 is 19.3 Å². The number of rotatable bonds is 2. The molecular weight excluding hydrogens is 252 g/mol. The molecule has 7 nitrogen and oxygen atoms in total. The van der Waals surface area contributed by atoms with Crippen LogP contribution in [0.5, 0.6) is 0 Å². The van der Waals surface area contributed by atoms with Gasteiger partial charge in [-0.15, -0.1) is 0 Å². The highest BCUT2D eigenvalue weighted by Crippen LogP contribution is 2.35. The lowest BCUT2D eigenvalue weighted by atomic mass is 10.1. The molecule has 0 spiro atoms. The highest BCUT2D eigenvalue weighted by molar-refractivity contribution is 7.86. The van der Waals surface area contributed by atoms with Gasteiger partial charge in [0.25, 0.3) is 10.1 Å². The summed E-state index contributed by atoms with van der Waals surface area (Å²) in [6, 6.07) is 0. The highest BCUT2D eigenvalue weighted by atomic mass is 32.2. The van der Waals surface area contributed by atoms with Gasteiger partial charge >= 0.3 is 0 Å². The molecule has 2 heterocycles. The largest absolute Gasteiger partial charge is 0.366 e. The van der Waals surface area contributed by atoms with Gasteiger partial charge in [0.2, 0.25) is 0 Å². The molecule has 0 aromatic heterocycles. The predicted octanol–water partition coefficient (Wildman–Crippen LogP) is -0.800. The van der Waals surface area contributed by atoms with E-state index in [1.165, 1.54) is 0 Å². The van der Waals surface area contributed by atoms with Crippen LogP contribution in [-0.2, 0) is 28.5 Å². The Bertz CT molecular complexity index is 390. The number of aliphatic hydroxyl groups excluding tert-OH is 1. The van der Waals surface area contributed by atoms with Crippen molar-refractivity contribution in [1.29, 1.82) is 0 Å². The van der Waals surface area contributed by atoms with Gasteiger partial charge in [0.05, 0.1) is 12.9 Å². The van der Waals surface area contributed by atoms with Crippen LogP contribution < -0.4 is 0 Å². The Morgan fingerprint density at radius 2 is 1.88 bits per heavy atom. The van der Waals surface area contributed by atoms with Gasteiger partial charge in [0.1, 0.15) is 18.3 Å². The summed E-state index contributed by atoms with van der Waals surface area (Å²) >= 11 is 0. The fraction of sp³-hybridized carbons (Fsp3) is 1.00. The fourth-order valence-electron chi connectivity index (χ4n) is 2.02. The molecule has 4 atom stereocenters. The van der Waals surface area contributed by atoms with Gasteiger partial charge in [0.15, 0.2) is 12.1 Å². The second-order valence-electron chi connectivity index (χ2n) is 4.63. The van der Waals surface area contributed by atoms with Crippen LogP contribution in [0.3, 0.4) is 0 Å². The molecule has 0 aromatic rings. The summed E-state index contributed by atoms with van der Waals surface area (Å²) in [7, 11) is -3.61. The normalized spacial score (nSPS) is 41.2. The molecule has 0 amide bonds. The van der Waals surface area contributed by atoms with Crippen molar-refractivity contribution < 1.29 is 31.9 Å². The molecular formula is C9H16O7S. The Labute approximate surface area is 99.7 Å². The second kappa shape index (κ2) is 4.15. The standard InChI is InChI=1S/C9H16O7S/c1-9(2)14-6-5(16-17(3,11)12)4-13-8(10)7(6)15-9/h5-8,10H,4H2,1-3H3/t5-,6-,7+,8?/m1/s1. The minimum absolute atomic E-state index is 0.0607. The van der Waals surface area contributed by atoms with E-state index in [0.717, 1.165) is 6.26 Å². The first-order chi connectivity index (χ1) is 7.68. The summed E-state index contributed by atoms with van der Waals surface area (Å²) in [4.78, 5) is 0. The SMILES string of the molecule is CC1(C)O[C@H]2[C@H](O1)C(O)OC[C@H]2OS(C)(=O)=O. The van der Waals surface area contributed by atoms with Crippen LogP contribution in [0.4, 0.5) is 0 Å². The average Bonchev–Trinajstić information content (AvgIpc) is 2.45. The monoisotopic (exact) mass is 268 g/mol. The molecule has 2 aliphatic rings. The Kier molecular flexibility index (Phi) is 3.22. The first-order valence-electron chi connectivity index (χ1n) is 5.21. The van der Waals surface area contributed by atoms with E-state index in [9.17, 15) is 13.5 Å². The Balaban J connectivity index is 2.16. The summed E-state index contributed by atoms with van der Waals surface area (Å²) in [5, 5.41) is 9.60. The van der Waals surface area contributed by atoms with E-state index < -0.39 is 40.5 Å². The van der Waals surface area contributed by atoms with E-state index in [2.05, 4.69) is 0 Å². The molecule has 8 heteroatoms. The van der Waals surface area contributed by atoms with Gasteiger partial charge in [-0.3, -0.25) is 4.18 Å². The van der Waals surface area contributed by atoms with E-state index in [1.807, 2.05) is 0 Å². The minimum Gasteiger partial charge on any atom is -0.366 e. The number of ether oxygens (including phenoxy) is 3. The predicted molar refractivity (Wildman–Crippen MR) is 55.5 cm³/mol. The number of hydrogen-bond acceptors (Lipinski definition) is 7. The van der Waals surface area contributed by atoms with E-state index in [0.29, 0.717) is 0 Å². The van der Waals surface area contributed by atoms with Crippen molar-refractivity contribution in [3.05, 3.63) is 0 Å². The van der Waals surface area contributed by atoms with Crippen LogP contribution in [0.2, 0.25) is 0 Å². The third kappa shape index (κ3) is 2.95. The number of aliphatic hydroxyl groups is 1. The second-order valence-corrected chi connectivity index (χ2v) is 6.23. The van der Waals surface area contributed by atoms with Gasteiger partial charge in [-0.25, -0.2) is 0 Å². The molecule has 0 saturated carbocycles. The summed E-state index contributed by atoms with van der Waals surface area (Å²) in [5.74, 6) is -0.900. The molecule has 1 unspecified atom stereocenters. The highest BCUT2D eigenvalue weighted by Gasteiger charge is 2.52.